The molecule has 0 amide bonds. The van der Waals surface area contributed by atoms with Gasteiger partial charge in [-0.25, -0.2) is 4.98 Å². The van der Waals surface area contributed by atoms with Crippen molar-refractivity contribution in [1.82, 2.24) is 10.3 Å². The SMILES string of the molecule is CCCNC(COC(C)C)Cc1nc(C)cs1. The molecule has 0 spiro atoms. The molecule has 0 aliphatic heterocycles. The lowest BCUT2D eigenvalue weighted by molar-refractivity contribution is 0.0613. The van der Waals surface area contributed by atoms with E-state index in [-0.39, 0.29) is 0 Å². The van der Waals surface area contributed by atoms with Crippen LogP contribution in [0.1, 0.15) is 37.9 Å². The van der Waals surface area contributed by atoms with E-state index in [9.17, 15) is 0 Å². The van der Waals surface area contributed by atoms with Crippen molar-refractivity contribution in [2.24, 2.45) is 0 Å². The molecule has 0 radical (unpaired) electrons. The van der Waals surface area contributed by atoms with Crippen molar-refractivity contribution in [3.05, 3.63) is 16.1 Å². The van der Waals surface area contributed by atoms with Gasteiger partial charge in [-0.15, -0.1) is 11.3 Å². The smallest absolute Gasteiger partial charge is 0.0944 e. The first-order chi connectivity index (χ1) is 8.11. The Morgan fingerprint density at radius 3 is 2.76 bits per heavy atom. The van der Waals surface area contributed by atoms with E-state index >= 15 is 0 Å². The first-order valence-corrected chi connectivity index (χ1v) is 7.25. The van der Waals surface area contributed by atoms with Crippen molar-refractivity contribution in [2.45, 2.75) is 52.7 Å². The highest BCUT2D eigenvalue weighted by Gasteiger charge is 2.12. The third-order valence-corrected chi connectivity index (χ3v) is 3.39. The van der Waals surface area contributed by atoms with Crippen LogP contribution in [0.15, 0.2) is 5.38 Å². The van der Waals surface area contributed by atoms with Gasteiger partial charge in [-0.1, -0.05) is 6.92 Å². The van der Waals surface area contributed by atoms with Crippen molar-refractivity contribution < 1.29 is 4.74 Å². The van der Waals surface area contributed by atoms with Crippen LogP contribution in [0, 0.1) is 6.92 Å². The molecule has 0 saturated heterocycles. The second-order valence-corrected chi connectivity index (χ2v) is 5.56. The predicted molar refractivity (Wildman–Crippen MR) is 73.7 cm³/mol. The third kappa shape index (κ3) is 6.15. The van der Waals surface area contributed by atoms with Crippen LogP contribution in [-0.2, 0) is 11.2 Å². The number of aryl methyl sites for hydroxylation is 1. The second kappa shape index (κ2) is 7.80. The summed E-state index contributed by atoms with van der Waals surface area (Å²) in [7, 11) is 0. The minimum atomic E-state index is 0.291. The molecule has 98 valence electrons. The van der Waals surface area contributed by atoms with Gasteiger partial charge in [0, 0.05) is 23.5 Å². The summed E-state index contributed by atoms with van der Waals surface area (Å²) in [6, 6.07) is 0.378. The van der Waals surface area contributed by atoms with Crippen molar-refractivity contribution in [3.8, 4) is 0 Å². The van der Waals surface area contributed by atoms with E-state index in [1.165, 1.54) is 5.01 Å². The highest BCUT2D eigenvalue weighted by Crippen LogP contribution is 2.11. The van der Waals surface area contributed by atoms with Crippen LogP contribution in [0.4, 0.5) is 0 Å². The number of ether oxygens (including phenoxy) is 1. The molecule has 4 heteroatoms. The molecule has 0 aliphatic carbocycles. The molecule has 1 rings (SSSR count). The summed E-state index contributed by atoms with van der Waals surface area (Å²) in [5.41, 5.74) is 1.11. The summed E-state index contributed by atoms with van der Waals surface area (Å²) < 4.78 is 5.69. The maximum absolute atomic E-state index is 5.69. The van der Waals surface area contributed by atoms with E-state index in [0.29, 0.717) is 12.1 Å². The molecule has 0 aromatic carbocycles. The largest absolute Gasteiger partial charge is 0.377 e. The standard InChI is InChI=1S/C13H24N2OS/c1-5-6-14-12(8-16-10(2)3)7-13-15-11(4)9-17-13/h9-10,12,14H,5-8H2,1-4H3. The van der Waals surface area contributed by atoms with Gasteiger partial charge in [0.25, 0.3) is 0 Å². The second-order valence-electron chi connectivity index (χ2n) is 4.62. The number of nitrogens with one attached hydrogen (secondary N) is 1. The Labute approximate surface area is 109 Å². The Kier molecular flexibility index (Phi) is 6.70. The highest BCUT2D eigenvalue weighted by atomic mass is 32.1. The van der Waals surface area contributed by atoms with E-state index in [1.54, 1.807) is 11.3 Å². The maximum Gasteiger partial charge on any atom is 0.0944 e. The number of hydrogen-bond donors (Lipinski definition) is 1. The van der Waals surface area contributed by atoms with Crippen LogP contribution in [0.5, 0.6) is 0 Å². The Bertz CT molecular complexity index is 312. The zero-order valence-corrected chi connectivity index (χ0v) is 12.1. The summed E-state index contributed by atoms with van der Waals surface area (Å²) >= 11 is 1.74. The maximum atomic E-state index is 5.69. The molecule has 0 saturated carbocycles. The normalized spacial score (nSPS) is 13.2. The molecule has 1 aromatic heterocycles. The fourth-order valence-electron chi connectivity index (χ4n) is 1.55. The van der Waals surface area contributed by atoms with Crippen molar-refractivity contribution in [3.63, 3.8) is 0 Å². The average molecular weight is 256 g/mol. The molecule has 0 aliphatic rings. The lowest BCUT2D eigenvalue weighted by Gasteiger charge is -2.19. The lowest BCUT2D eigenvalue weighted by atomic mass is 10.2. The molecule has 3 nitrogen and oxygen atoms in total. The minimum Gasteiger partial charge on any atom is -0.377 e. The van der Waals surface area contributed by atoms with Gasteiger partial charge in [0.15, 0.2) is 0 Å². The number of aromatic nitrogens is 1. The van der Waals surface area contributed by atoms with Gasteiger partial charge in [0.05, 0.1) is 17.7 Å². The zero-order valence-electron chi connectivity index (χ0n) is 11.3. The quantitative estimate of drug-likeness (QED) is 0.776. The molecule has 1 heterocycles. The van der Waals surface area contributed by atoms with Gasteiger partial charge < -0.3 is 10.1 Å². The first kappa shape index (κ1) is 14.6. The zero-order chi connectivity index (χ0) is 12.7. The Hall–Kier alpha value is -0.450. The average Bonchev–Trinajstić information content (AvgIpc) is 2.68. The van der Waals surface area contributed by atoms with Crippen LogP contribution < -0.4 is 5.32 Å². The Morgan fingerprint density at radius 2 is 2.24 bits per heavy atom. The van der Waals surface area contributed by atoms with Crippen LogP contribution >= 0.6 is 11.3 Å². The Morgan fingerprint density at radius 1 is 1.47 bits per heavy atom. The molecule has 1 unspecified atom stereocenters. The van der Waals surface area contributed by atoms with Gasteiger partial charge in [0.1, 0.15) is 0 Å². The third-order valence-electron chi connectivity index (χ3n) is 2.40. The van der Waals surface area contributed by atoms with Crippen LogP contribution in [0.25, 0.3) is 0 Å². The fraction of sp³-hybridized carbons (Fsp3) is 0.769. The van der Waals surface area contributed by atoms with E-state index in [2.05, 4.69) is 36.5 Å². The van der Waals surface area contributed by atoms with Crippen LogP contribution in [-0.4, -0.2) is 30.3 Å². The molecular weight excluding hydrogens is 232 g/mol. The molecule has 0 fully saturated rings. The molecule has 1 atom stereocenters. The van der Waals surface area contributed by atoms with Gasteiger partial charge in [-0.05, 0) is 33.7 Å². The molecule has 1 N–H and O–H groups in total. The number of hydrogen-bond acceptors (Lipinski definition) is 4. The summed E-state index contributed by atoms with van der Waals surface area (Å²) in [6.45, 7) is 10.2. The van der Waals surface area contributed by atoms with Gasteiger partial charge in [0.2, 0.25) is 0 Å². The van der Waals surface area contributed by atoms with Gasteiger partial charge in [-0.3, -0.25) is 0 Å². The van der Waals surface area contributed by atoms with E-state index in [1.807, 2.05) is 6.92 Å². The highest BCUT2D eigenvalue weighted by molar-refractivity contribution is 7.09. The lowest BCUT2D eigenvalue weighted by Crippen LogP contribution is -2.36. The summed E-state index contributed by atoms with van der Waals surface area (Å²) in [6.07, 6.45) is 2.40. The minimum absolute atomic E-state index is 0.291. The van der Waals surface area contributed by atoms with Crippen molar-refractivity contribution in [1.29, 1.82) is 0 Å². The first-order valence-electron chi connectivity index (χ1n) is 6.37. The Balaban J connectivity index is 2.44. The van der Waals surface area contributed by atoms with Crippen LogP contribution in [0.2, 0.25) is 0 Å². The molecule has 1 aromatic rings. The van der Waals surface area contributed by atoms with Gasteiger partial charge >= 0.3 is 0 Å². The summed E-state index contributed by atoms with van der Waals surface area (Å²) in [5, 5.41) is 6.83. The predicted octanol–water partition coefficient (Wildman–Crippen LogP) is 2.79. The van der Waals surface area contributed by atoms with E-state index in [4.69, 9.17) is 4.74 Å². The van der Waals surface area contributed by atoms with Crippen LogP contribution in [0.3, 0.4) is 0 Å². The molecule has 17 heavy (non-hydrogen) atoms. The van der Waals surface area contributed by atoms with E-state index in [0.717, 1.165) is 31.7 Å². The number of rotatable bonds is 8. The molecule has 0 bridgehead atoms. The van der Waals surface area contributed by atoms with Gasteiger partial charge in [-0.2, -0.15) is 0 Å². The number of nitrogens with zero attached hydrogens (tertiary/aromatic N) is 1. The number of thiazole rings is 1. The summed E-state index contributed by atoms with van der Waals surface area (Å²) in [4.78, 5) is 4.51. The van der Waals surface area contributed by atoms with Crippen molar-refractivity contribution in [2.75, 3.05) is 13.2 Å². The summed E-state index contributed by atoms with van der Waals surface area (Å²) in [5.74, 6) is 0. The fourth-order valence-corrected chi connectivity index (χ4v) is 2.41. The molecular formula is C13H24N2OS. The van der Waals surface area contributed by atoms with E-state index < -0.39 is 0 Å². The van der Waals surface area contributed by atoms with Crippen molar-refractivity contribution >= 4 is 11.3 Å². The topological polar surface area (TPSA) is 34.1 Å². The monoisotopic (exact) mass is 256 g/mol.